The van der Waals surface area contributed by atoms with E-state index in [0.717, 1.165) is 11.3 Å². The highest BCUT2D eigenvalue weighted by molar-refractivity contribution is 6.39. The maximum atomic E-state index is 15.0. The first-order valence-corrected chi connectivity index (χ1v) is 40.1. The largest absolute Gasteiger partial charge is 0.480 e. The third-order valence-electron chi connectivity index (χ3n) is 22.7. The number of ether oxygens (including phenoxy) is 11. The zero-order valence-corrected chi connectivity index (χ0v) is 68.1. The molecule has 0 aromatic carbocycles. The van der Waals surface area contributed by atoms with Crippen LogP contribution in [0.1, 0.15) is 160 Å². The van der Waals surface area contributed by atoms with Crippen molar-refractivity contribution in [2.75, 3.05) is 130 Å². The number of aliphatic hydroxyl groups excluding tert-OH is 1. The lowest BCUT2D eigenvalue weighted by Crippen LogP contribution is -2.61. The van der Waals surface area contributed by atoms with Crippen molar-refractivity contribution in [1.82, 2.24) is 35.1 Å². The van der Waals surface area contributed by atoms with Gasteiger partial charge in [-0.2, -0.15) is 0 Å². The molecule has 31 nitrogen and oxygen atoms in total. The molecule has 3 saturated heterocycles. The summed E-state index contributed by atoms with van der Waals surface area (Å²) in [4.78, 5) is 134. The Morgan fingerprint density at radius 1 is 0.717 bits per heavy atom. The Kier molecular flexibility index (Phi) is 36.3. The zero-order chi connectivity index (χ0) is 81.9. The number of cyclic esters (lactones) is 1. The third-order valence-corrected chi connectivity index (χ3v) is 22.7. The molecule has 6 aliphatic rings. The second-order valence-electron chi connectivity index (χ2n) is 31.1. The molecule has 1 saturated carbocycles. The van der Waals surface area contributed by atoms with Crippen molar-refractivity contribution in [3.63, 3.8) is 0 Å². The van der Waals surface area contributed by atoms with Crippen LogP contribution in [0.4, 0.5) is 16.7 Å². The number of nitrogens with one attached hydrogen (secondary N) is 1. The minimum atomic E-state index is -2.47. The van der Waals surface area contributed by atoms with Gasteiger partial charge in [-0.3, -0.25) is 24.0 Å². The molecule has 31 heteroatoms. The van der Waals surface area contributed by atoms with E-state index < -0.39 is 120 Å². The van der Waals surface area contributed by atoms with Gasteiger partial charge in [0.05, 0.1) is 102 Å². The van der Waals surface area contributed by atoms with Crippen LogP contribution < -0.4 is 15.1 Å². The van der Waals surface area contributed by atoms with Gasteiger partial charge in [-0.05, 0) is 114 Å². The lowest BCUT2D eigenvalue weighted by Gasteiger charge is -2.43. The second-order valence-corrected chi connectivity index (χ2v) is 31.1. The van der Waals surface area contributed by atoms with E-state index in [1.807, 2.05) is 71.1 Å². The fourth-order valence-corrected chi connectivity index (χ4v) is 15.8. The zero-order valence-electron chi connectivity index (χ0n) is 68.1. The summed E-state index contributed by atoms with van der Waals surface area (Å²) >= 11 is 0. The number of ketones is 3. The summed E-state index contributed by atoms with van der Waals surface area (Å²) in [5, 5.41) is 37.3. The molecule has 4 fully saturated rings. The maximum Gasteiger partial charge on any atom is 0.410 e. The molecular formula is C82H123N9O22. The van der Waals surface area contributed by atoms with Crippen molar-refractivity contribution in [2.45, 2.75) is 219 Å². The van der Waals surface area contributed by atoms with Crippen molar-refractivity contribution in [2.24, 2.45) is 35.5 Å². The van der Waals surface area contributed by atoms with E-state index in [1.54, 1.807) is 56.1 Å². The van der Waals surface area contributed by atoms with Gasteiger partial charge < -0.3 is 92.3 Å². The van der Waals surface area contributed by atoms with Crippen LogP contribution in [0.15, 0.2) is 66.2 Å². The lowest BCUT2D eigenvalue weighted by molar-refractivity contribution is -0.265. The average Bonchev–Trinajstić information content (AvgIpc) is 0.777. The molecule has 628 valence electrons. The quantitative estimate of drug-likeness (QED) is 0.0304. The molecule has 2 bridgehead atoms. The van der Waals surface area contributed by atoms with Crippen molar-refractivity contribution < 1.29 is 106 Å². The van der Waals surface area contributed by atoms with Gasteiger partial charge in [-0.25, -0.2) is 34.3 Å². The predicted molar refractivity (Wildman–Crippen MR) is 415 cm³/mol. The molecular weight excluding hydrogens is 1460 g/mol. The number of piperidine rings is 1. The number of carbonyl (C=O) groups is 8. The number of rotatable bonds is 27. The number of aliphatic hydroxyl groups is 2. The Labute approximate surface area is 664 Å². The average molecular weight is 1590 g/mol. The summed E-state index contributed by atoms with van der Waals surface area (Å²) in [6.07, 6.45) is 15.2. The minimum Gasteiger partial charge on any atom is -0.480 e. The highest BCUT2D eigenvalue weighted by Gasteiger charge is 2.53. The van der Waals surface area contributed by atoms with Gasteiger partial charge in [0.25, 0.3) is 17.6 Å². The van der Waals surface area contributed by atoms with E-state index >= 15 is 4.79 Å². The van der Waals surface area contributed by atoms with Gasteiger partial charge >= 0.3 is 18.0 Å². The predicted octanol–water partition coefficient (Wildman–Crippen LogP) is 6.96. The molecule has 5 aliphatic heterocycles. The van der Waals surface area contributed by atoms with Gasteiger partial charge in [0.1, 0.15) is 42.3 Å². The number of hydrogen-bond acceptors (Lipinski definition) is 27. The van der Waals surface area contributed by atoms with E-state index in [-0.39, 0.29) is 93.0 Å². The minimum absolute atomic E-state index is 0.00211. The number of allylic oxidation sites excluding steroid dienone is 5. The van der Waals surface area contributed by atoms with E-state index in [0.29, 0.717) is 153 Å². The van der Waals surface area contributed by atoms with Crippen molar-refractivity contribution in [1.29, 1.82) is 0 Å². The van der Waals surface area contributed by atoms with E-state index in [2.05, 4.69) is 20.3 Å². The first-order chi connectivity index (χ1) is 54.2. The van der Waals surface area contributed by atoms with E-state index in [9.17, 15) is 48.9 Å². The van der Waals surface area contributed by atoms with E-state index in [1.165, 1.54) is 31.3 Å². The fraction of sp³-hybridized carbons (Fsp3) is 0.707. The van der Waals surface area contributed by atoms with Gasteiger partial charge in [0, 0.05) is 129 Å². The number of anilines is 2. The Morgan fingerprint density at radius 3 is 2.08 bits per heavy atom. The van der Waals surface area contributed by atoms with Gasteiger partial charge in [-0.1, -0.05) is 71.1 Å². The first-order valence-electron chi connectivity index (χ1n) is 40.1. The van der Waals surface area contributed by atoms with Crippen LogP contribution in [-0.4, -0.2) is 280 Å². The number of aliphatic carboxylic acids is 1. The van der Waals surface area contributed by atoms with Crippen LogP contribution >= 0.6 is 0 Å². The molecule has 3 amide bonds. The normalized spacial score (nSPS) is 30.8. The number of hydrogen-bond donors (Lipinski definition) is 4. The highest BCUT2D eigenvalue weighted by Crippen LogP contribution is 2.39. The Balaban J connectivity index is 0.872. The Morgan fingerprint density at radius 2 is 1.41 bits per heavy atom. The van der Waals surface area contributed by atoms with Gasteiger partial charge in [0.2, 0.25) is 17.7 Å². The number of carbonyl (C=O) groups excluding carboxylic acids is 7. The molecule has 17 atom stereocenters. The number of carboxylic acid groups (broad SMARTS) is 1. The summed E-state index contributed by atoms with van der Waals surface area (Å²) in [5.41, 5.74) is 2.97. The summed E-state index contributed by atoms with van der Waals surface area (Å²) in [6, 6.07) is -2.24. The SMILES string of the molecule is CO[C@H]1C[C@@H]2CC[C@@H](C)[C@@](O)(O2)C(=O)C(=O)N2CCCC[C@H]2C(=O)O[C@H]([C@H](C)C[C@@H]2CC[C@@H](OC(=O)N3CCc4nc(N5CCN(c6ncc(C(=O)NCCOCCOCCOCCOCCC(C)=O)cn6)[C@@H](C(=O)O)C5)ncc4C3)[C@H](OC)C2)C[C@@H](OC)[C@H](C)/C=C(\C)[C@@H](O)[C@@H](OC)C(=O)[C@H](C)C[C@H](C)/C=C/C=C/C=C/1C. The third kappa shape index (κ3) is 26.0. The van der Waals surface area contributed by atoms with Gasteiger partial charge in [-0.15, -0.1) is 0 Å². The maximum absolute atomic E-state index is 15.0. The molecule has 8 rings (SSSR count). The number of aromatic nitrogens is 4. The molecule has 0 unspecified atom stereocenters. The lowest BCUT2D eigenvalue weighted by atomic mass is 9.78. The number of nitrogens with zero attached hydrogens (tertiary/aromatic N) is 8. The summed E-state index contributed by atoms with van der Waals surface area (Å²) in [7, 11) is 6.12. The van der Waals surface area contributed by atoms with E-state index in [4.69, 9.17) is 57.1 Å². The van der Waals surface area contributed by atoms with Crippen LogP contribution in [0.25, 0.3) is 0 Å². The summed E-state index contributed by atoms with van der Waals surface area (Å²) in [5.74, 6) is -8.53. The summed E-state index contributed by atoms with van der Waals surface area (Å²) < 4.78 is 64.9. The molecule has 1 aliphatic carbocycles. The molecule has 113 heavy (non-hydrogen) atoms. The second kappa shape index (κ2) is 45.1. The number of esters is 1. The number of fused-ring (bicyclic) bond motifs is 4. The standard InChI is InChI=1S/C82H123N9O22/c1-51-18-14-13-15-19-52(2)67(103-9)44-62-23-21-57(7)82(102,113-62)74(95)76(97)90-28-17-16-20-64(90)78(100)111-69(45-68(104-10)53(3)41-56(6)72(94)73(106-12)71(93)55(5)40-51)54(4)42-59-22-24-66(70(43-59)105-11)112-81(101)89-29-25-63-61(49-89)48-86-80(87-63)88-30-31-91(65(50-88)77(98)99)79-84-46-60(47-85-79)75(96)83-27-33-108-35-37-110-39-38-109-36-34-107-32-26-58(8)92/h13-15,18-19,41,46-48,51,53-55,57,59,62,64-70,72-73,94,102H,16-17,20-40,42-45,49-50H2,1-12H3,(H,83,96)(H,98,99)/b15-13+,18-14+,52-19+,56-41+/t51-,53-,54-,55-,57-,59+,62+,64+,65-,66-,67+,68-,69+,70-,72-,73+,82-/m1/s1. The molecule has 4 N–H and O–H groups in total. The van der Waals surface area contributed by atoms with Crippen LogP contribution in [-0.2, 0) is 93.8 Å². The van der Waals surface area contributed by atoms with Crippen LogP contribution in [0.3, 0.4) is 0 Å². The number of Topliss-reactive ketones (excluding diaryl/α,β-unsaturated/α-hetero) is 3. The van der Waals surface area contributed by atoms with Crippen molar-refractivity contribution in [3.8, 4) is 0 Å². The molecule has 2 aromatic rings. The van der Waals surface area contributed by atoms with Crippen LogP contribution in [0.5, 0.6) is 0 Å². The number of amides is 3. The molecule has 0 radical (unpaired) electrons. The van der Waals surface area contributed by atoms with Crippen molar-refractivity contribution >= 4 is 59.1 Å². The fourth-order valence-electron chi connectivity index (χ4n) is 15.8. The number of methoxy groups -OCH3 is 4. The topological polar surface area (TPSA) is 375 Å². The molecule has 7 heterocycles. The van der Waals surface area contributed by atoms with Crippen LogP contribution in [0, 0.1) is 35.5 Å². The Bertz CT molecular complexity index is 3580. The smallest absolute Gasteiger partial charge is 0.410 e. The highest BCUT2D eigenvalue weighted by atomic mass is 16.6. The van der Waals surface area contributed by atoms with Gasteiger partial charge in [0.15, 0.2) is 5.78 Å². The first kappa shape index (κ1) is 91.0. The monoisotopic (exact) mass is 1590 g/mol. The van der Waals surface area contributed by atoms with Crippen molar-refractivity contribution in [3.05, 3.63) is 83.0 Å². The number of piperazine rings is 1. The number of carboxylic acids is 1. The summed E-state index contributed by atoms with van der Waals surface area (Å²) in [6.45, 7) is 18.8. The Hall–Kier alpha value is -7.56. The van der Waals surface area contributed by atoms with Crippen LogP contribution in [0.2, 0.25) is 0 Å². The molecule has 2 aromatic heterocycles. The molecule has 0 spiro atoms.